The van der Waals surface area contributed by atoms with Gasteiger partial charge in [-0.05, 0) is 38.4 Å². The summed E-state index contributed by atoms with van der Waals surface area (Å²) >= 11 is 0. The Hall–Kier alpha value is -2.18. The van der Waals surface area contributed by atoms with Gasteiger partial charge in [-0.25, -0.2) is 4.98 Å². The summed E-state index contributed by atoms with van der Waals surface area (Å²) in [6.07, 6.45) is 2.36. The number of carbonyl (C=O) groups excluding carboxylic acids is 1. The Morgan fingerprint density at radius 1 is 1.30 bits per heavy atom. The summed E-state index contributed by atoms with van der Waals surface area (Å²) in [6, 6.07) is 8.21. The second-order valence-electron chi connectivity index (χ2n) is 7.94. The first-order valence-corrected chi connectivity index (χ1v) is 9.75. The Labute approximate surface area is 160 Å². The number of amides is 1. The minimum atomic E-state index is -0.0352. The van der Waals surface area contributed by atoms with Crippen LogP contribution in [0, 0.1) is 6.92 Å². The van der Waals surface area contributed by atoms with Crippen molar-refractivity contribution < 1.29 is 9.90 Å². The predicted octanol–water partition coefficient (Wildman–Crippen LogP) is 1.83. The van der Waals surface area contributed by atoms with Gasteiger partial charge in [0.1, 0.15) is 5.82 Å². The molecular weight excluding hydrogens is 340 g/mol. The van der Waals surface area contributed by atoms with E-state index >= 15 is 0 Å². The van der Waals surface area contributed by atoms with Crippen LogP contribution in [0.25, 0.3) is 10.9 Å². The standard InChI is InChI=1S/C21H28N4O2/c1-15-4-3-5-16-12-17(13-26)20(23-19(15)16)25-11-10-24(2)21(14-25)7-6-18(27)22-9-8-21/h3-5,12,26H,6-11,13-14H2,1-2H3,(H,22,27). The normalized spacial score (nSPS) is 24.3. The maximum Gasteiger partial charge on any atom is 0.220 e. The molecule has 144 valence electrons. The molecule has 6 nitrogen and oxygen atoms in total. The molecular formula is C21H28N4O2. The highest BCUT2D eigenvalue weighted by Crippen LogP contribution is 2.34. The lowest BCUT2D eigenvalue weighted by molar-refractivity contribution is -0.120. The van der Waals surface area contributed by atoms with Crippen molar-refractivity contribution in [1.82, 2.24) is 15.2 Å². The van der Waals surface area contributed by atoms with E-state index in [1.54, 1.807) is 0 Å². The van der Waals surface area contributed by atoms with Gasteiger partial charge >= 0.3 is 0 Å². The van der Waals surface area contributed by atoms with E-state index in [4.69, 9.17) is 4.98 Å². The van der Waals surface area contributed by atoms with E-state index in [1.165, 1.54) is 0 Å². The van der Waals surface area contributed by atoms with Gasteiger partial charge in [0.15, 0.2) is 0 Å². The van der Waals surface area contributed by atoms with Crippen molar-refractivity contribution in [1.29, 1.82) is 0 Å². The number of para-hydroxylation sites is 1. The first kappa shape index (κ1) is 18.2. The summed E-state index contributed by atoms with van der Waals surface area (Å²) in [5, 5.41) is 14.1. The first-order chi connectivity index (χ1) is 13.0. The number of piperazine rings is 1. The van der Waals surface area contributed by atoms with E-state index in [0.717, 1.165) is 60.3 Å². The van der Waals surface area contributed by atoms with Crippen molar-refractivity contribution in [3.05, 3.63) is 35.4 Å². The van der Waals surface area contributed by atoms with Gasteiger partial charge in [0.25, 0.3) is 0 Å². The molecule has 2 aromatic rings. The van der Waals surface area contributed by atoms with Crippen LogP contribution in [-0.4, -0.2) is 59.7 Å². The smallest absolute Gasteiger partial charge is 0.220 e. The van der Waals surface area contributed by atoms with Gasteiger partial charge in [0, 0.05) is 49.1 Å². The van der Waals surface area contributed by atoms with Crippen LogP contribution < -0.4 is 10.2 Å². The molecule has 1 unspecified atom stereocenters. The number of aryl methyl sites for hydroxylation is 1. The van der Waals surface area contributed by atoms with Gasteiger partial charge in [-0.2, -0.15) is 0 Å². The molecule has 1 aromatic carbocycles. The number of nitrogens with zero attached hydrogens (tertiary/aromatic N) is 3. The zero-order valence-electron chi connectivity index (χ0n) is 16.2. The molecule has 1 spiro atoms. The molecule has 0 saturated carbocycles. The number of nitrogens with one attached hydrogen (secondary N) is 1. The molecule has 0 bridgehead atoms. The molecule has 2 aliphatic rings. The quantitative estimate of drug-likeness (QED) is 0.846. The maximum atomic E-state index is 11.9. The summed E-state index contributed by atoms with van der Waals surface area (Å²) in [7, 11) is 2.16. The average molecular weight is 368 g/mol. The Morgan fingerprint density at radius 2 is 2.15 bits per heavy atom. The second-order valence-corrected chi connectivity index (χ2v) is 7.94. The summed E-state index contributed by atoms with van der Waals surface area (Å²) < 4.78 is 0. The van der Waals surface area contributed by atoms with Gasteiger partial charge in [-0.15, -0.1) is 0 Å². The minimum Gasteiger partial charge on any atom is -0.392 e. The third kappa shape index (κ3) is 3.28. The van der Waals surface area contributed by atoms with Crippen molar-refractivity contribution in [2.24, 2.45) is 0 Å². The third-order valence-corrected chi connectivity index (χ3v) is 6.30. The first-order valence-electron chi connectivity index (χ1n) is 9.75. The summed E-state index contributed by atoms with van der Waals surface area (Å²) in [4.78, 5) is 21.6. The lowest BCUT2D eigenvalue weighted by atomic mass is 9.86. The number of fused-ring (bicyclic) bond motifs is 1. The second kappa shape index (κ2) is 7.09. The number of pyridine rings is 1. The topological polar surface area (TPSA) is 68.7 Å². The molecule has 2 aliphatic heterocycles. The van der Waals surface area contributed by atoms with Crippen LogP contribution >= 0.6 is 0 Å². The lowest BCUT2D eigenvalue weighted by Gasteiger charge is -2.49. The Balaban J connectivity index is 1.72. The van der Waals surface area contributed by atoms with Crippen molar-refractivity contribution in [2.45, 2.75) is 38.3 Å². The van der Waals surface area contributed by atoms with E-state index in [-0.39, 0.29) is 18.1 Å². The number of anilines is 1. The molecule has 6 heteroatoms. The number of aliphatic hydroxyl groups is 1. The van der Waals surface area contributed by atoms with E-state index in [1.807, 2.05) is 12.1 Å². The Bertz CT molecular complexity index is 869. The fourth-order valence-corrected chi connectivity index (χ4v) is 4.55. The zero-order valence-corrected chi connectivity index (χ0v) is 16.2. The van der Waals surface area contributed by atoms with Gasteiger partial charge in [0.2, 0.25) is 5.91 Å². The number of carbonyl (C=O) groups is 1. The number of rotatable bonds is 2. The average Bonchev–Trinajstić information content (AvgIpc) is 2.86. The SMILES string of the molecule is Cc1cccc2cc(CO)c(N3CCN(C)C4(CCNC(=O)CC4)C3)nc12. The minimum absolute atomic E-state index is 0.0222. The highest BCUT2D eigenvalue weighted by molar-refractivity contribution is 5.84. The molecule has 1 aromatic heterocycles. The Kier molecular flexibility index (Phi) is 4.78. The van der Waals surface area contributed by atoms with Gasteiger partial charge in [-0.3, -0.25) is 9.69 Å². The van der Waals surface area contributed by atoms with Crippen molar-refractivity contribution in [3.8, 4) is 0 Å². The van der Waals surface area contributed by atoms with Crippen molar-refractivity contribution >= 4 is 22.6 Å². The van der Waals surface area contributed by atoms with E-state index in [2.05, 4.69) is 41.2 Å². The predicted molar refractivity (Wildman–Crippen MR) is 107 cm³/mol. The van der Waals surface area contributed by atoms with Crippen molar-refractivity contribution in [2.75, 3.05) is 38.1 Å². The number of hydrogen-bond donors (Lipinski definition) is 2. The largest absolute Gasteiger partial charge is 0.392 e. The van der Waals surface area contributed by atoms with Crippen molar-refractivity contribution in [3.63, 3.8) is 0 Å². The van der Waals surface area contributed by atoms with E-state index in [9.17, 15) is 9.90 Å². The van der Waals surface area contributed by atoms with Crippen LogP contribution in [0.3, 0.4) is 0 Å². The fourth-order valence-electron chi connectivity index (χ4n) is 4.55. The highest BCUT2D eigenvalue weighted by Gasteiger charge is 2.41. The maximum absolute atomic E-state index is 11.9. The summed E-state index contributed by atoms with van der Waals surface area (Å²) in [6.45, 7) is 5.39. The molecule has 1 atom stereocenters. The number of benzene rings is 1. The van der Waals surface area contributed by atoms with E-state index in [0.29, 0.717) is 13.0 Å². The summed E-state index contributed by atoms with van der Waals surface area (Å²) in [5.41, 5.74) is 2.98. The van der Waals surface area contributed by atoms with Crippen LogP contribution in [0.1, 0.15) is 30.4 Å². The number of aliphatic hydroxyl groups excluding tert-OH is 1. The molecule has 0 radical (unpaired) electrons. The van der Waals surface area contributed by atoms with Crippen LogP contribution in [0.5, 0.6) is 0 Å². The van der Waals surface area contributed by atoms with Crippen LogP contribution in [0.2, 0.25) is 0 Å². The molecule has 2 N–H and O–H groups in total. The number of likely N-dealkylation sites (N-methyl/N-ethyl adjacent to an activating group) is 1. The fraction of sp³-hybridized carbons (Fsp3) is 0.524. The lowest BCUT2D eigenvalue weighted by Crippen LogP contribution is -2.61. The van der Waals surface area contributed by atoms with Gasteiger partial charge in [-0.1, -0.05) is 18.2 Å². The molecule has 3 heterocycles. The van der Waals surface area contributed by atoms with Crippen LogP contribution in [0.15, 0.2) is 24.3 Å². The summed E-state index contributed by atoms with van der Waals surface area (Å²) in [5.74, 6) is 1.03. The monoisotopic (exact) mass is 368 g/mol. The molecule has 4 rings (SSSR count). The third-order valence-electron chi connectivity index (χ3n) is 6.30. The molecule has 2 saturated heterocycles. The zero-order chi connectivity index (χ0) is 19.0. The molecule has 0 aliphatic carbocycles. The number of hydrogen-bond acceptors (Lipinski definition) is 5. The van der Waals surface area contributed by atoms with Gasteiger partial charge < -0.3 is 15.3 Å². The van der Waals surface area contributed by atoms with E-state index < -0.39 is 0 Å². The van der Waals surface area contributed by atoms with Crippen LogP contribution in [0.4, 0.5) is 5.82 Å². The number of aromatic nitrogens is 1. The van der Waals surface area contributed by atoms with Gasteiger partial charge in [0.05, 0.1) is 12.1 Å². The van der Waals surface area contributed by atoms with Crippen LogP contribution in [-0.2, 0) is 11.4 Å². The molecule has 1 amide bonds. The molecule has 2 fully saturated rings. The molecule has 27 heavy (non-hydrogen) atoms. The Morgan fingerprint density at radius 3 is 2.96 bits per heavy atom. The highest BCUT2D eigenvalue weighted by atomic mass is 16.3.